The molecule has 2 N–H and O–H groups in total. The molecule has 1 aliphatic heterocycles. The van der Waals surface area contributed by atoms with Crippen molar-refractivity contribution in [2.45, 2.75) is 30.6 Å². The van der Waals surface area contributed by atoms with Crippen LogP contribution >= 0.6 is 11.8 Å². The molecule has 1 atom stereocenters. The van der Waals surface area contributed by atoms with Crippen LogP contribution in [0.15, 0.2) is 47.5 Å². The minimum absolute atomic E-state index is 0.132. The van der Waals surface area contributed by atoms with E-state index in [2.05, 4.69) is 15.6 Å². The fourth-order valence-electron chi connectivity index (χ4n) is 2.67. The van der Waals surface area contributed by atoms with Gasteiger partial charge in [0.2, 0.25) is 11.8 Å². The SMILES string of the molecule is O=C(CC1SC(=NC2CC2)NC1=O)Nc1cccc2ccccc12. The van der Waals surface area contributed by atoms with Gasteiger partial charge in [0.1, 0.15) is 5.25 Å². The lowest BCUT2D eigenvalue weighted by atomic mass is 10.1. The Bertz CT molecular complexity index is 840. The van der Waals surface area contributed by atoms with E-state index in [1.54, 1.807) is 0 Å². The number of thioether (sulfide) groups is 1. The Kier molecular flexibility index (Phi) is 3.98. The maximum absolute atomic E-state index is 12.4. The first-order valence-corrected chi connectivity index (χ1v) is 8.90. The molecule has 6 heteroatoms. The lowest BCUT2D eigenvalue weighted by molar-refractivity contribution is -0.122. The molecule has 0 bridgehead atoms. The number of aliphatic imine (C=N–C) groups is 1. The van der Waals surface area contributed by atoms with Crippen LogP contribution in [0.3, 0.4) is 0 Å². The predicted octanol–water partition coefficient (Wildman–Crippen LogP) is 2.92. The zero-order valence-electron chi connectivity index (χ0n) is 13.0. The molecule has 1 unspecified atom stereocenters. The second-order valence-electron chi connectivity index (χ2n) is 6.04. The van der Waals surface area contributed by atoms with Crippen LogP contribution in [0, 0.1) is 0 Å². The van der Waals surface area contributed by atoms with Gasteiger partial charge in [-0.3, -0.25) is 14.6 Å². The third-order valence-corrected chi connectivity index (χ3v) is 5.15. The summed E-state index contributed by atoms with van der Waals surface area (Å²) in [5, 5.41) is 8.01. The van der Waals surface area contributed by atoms with Gasteiger partial charge in [-0.15, -0.1) is 0 Å². The number of anilines is 1. The molecular weight excluding hydrogens is 322 g/mol. The Morgan fingerprint density at radius 2 is 2.00 bits per heavy atom. The molecule has 1 heterocycles. The highest BCUT2D eigenvalue weighted by Gasteiger charge is 2.33. The Morgan fingerprint density at radius 3 is 2.83 bits per heavy atom. The first-order valence-electron chi connectivity index (χ1n) is 8.02. The predicted molar refractivity (Wildman–Crippen MR) is 97.2 cm³/mol. The van der Waals surface area contributed by atoms with E-state index in [4.69, 9.17) is 0 Å². The van der Waals surface area contributed by atoms with Crippen LogP contribution in [0.5, 0.6) is 0 Å². The number of benzene rings is 2. The van der Waals surface area contributed by atoms with Gasteiger partial charge in [-0.1, -0.05) is 48.2 Å². The third kappa shape index (κ3) is 3.28. The molecule has 4 rings (SSSR count). The van der Waals surface area contributed by atoms with Crippen molar-refractivity contribution in [3.63, 3.8) is 0 Å². The number of fused-ring (bicyclic) bond motifs is 1. The van der Waals surface area contributed by atoms with Crippen LogP contribution in [0.1, 0.15) is 19.3 Å². The van der Waals surface area contributed by atoms with E-state index in [9.17, 15) is 9.59 Å². The Hall–Kier alpha value is -2.34. The van der Waals surface area contributed by atoms with Gasteiger partial charge < -0.3 is 10.6 Å². The number of amidine groups is 1. The maximum Gasteiger partial charge on any atom is 0.240 e. The second-order valence-corrected chi connectivity index (χ2v) is 7.23. The Balaban J connectivity index is 1.44. The van der Waals surface area contributed by atoms with Crippen molar-refractivity contribution in [1.29, 1.82) is 0 Å². The molecule has 2 aromatic carbocycles. The minimum atomic E-state index is -0.405. The van der Waals surface area contributed by atoms with Crippen molar-refractivity contribution < 1.29 is 9.59 Å². The molecule has 2 aliphatic rings. The van der Waals surface area contributed by atoms with Gasteiger partial charge in [-0.2, -0.15) is 0 Å². The Morgan fingerprint density at radius 1 is 1.21 bits per heavy atom. The summed E-state index contributed by atoms with van der Waals surface area (Å²) in [6.45, 7) is 0. The van der Waals surface area contributed by atoms with Crippen LogP contribution < -0.4 is 10.6 Å². The van der Waals surface area contributed by atoms with Gasteiger partial charge in [0, 0.05) is 17.5 Å². The van der Waals surface area contributed by atoms with Crippen molar-refractivity contribution in [2.24, 2.45) is 4.99 Å². The van der Waals surface area contributed by atoms with Gasteiger partial charge in [-0.25, -0.2) is 0 Å². The van der Waals surface area contributed by atoms with Crippen molar-refractivity contribution >= 4 is 45.2 Å². The molecule has 5 nitrogen and oxygen atoms in total. The van der Waals surface area contributed by atoms with Crippen LogP contribution in [-0.4, -0.2) is 28.3 Å². The monoisotopic (exact) mass is 339 g/mol. The van der Waals surface area contributed by atoms with E-state index in [0.29, 0.717) is 11.2 Å². The van der Waals surface area contributed by atoms with Gasteiger partial charge in [0.15, 0.2) is 5.17 Å². The van der Waals surface area contributed by atoms with Crippen molar-refractivity contribution in [2.75, 3.05) is 5.32 Å². The van der Waals surface area contributed by atoms with E-state index >= 15 is 0 Å². The summed E-state index contributed by atoms with van der Waals surface area (Å²) in [6.07, 6.45) is 2.32. The van der Waals surface area contributed by atoms with Gasteiger partial charge >= 0.3 is 0 Å². The topological polar surface area (TPSA) is 70.6 Å². The standard InChI is InChI=1S/C18H17N3O2S/c22-16(10-15-17(23)21-18(24-15)19-12-8-9-12)20-14-7-3-5-11-4-1-2-6-13(11)14/h1-7,12,15H,8-10H2,(H,20,22)(H,19,21,23). The number of nitrogens with one attached hydrogen (secondary N) is 2. The highest BCUT2D eigenvalue weighted by atomic mass is 32.2. The summed E-state index contributed by atoms with van der Waals surface area (Å²) in [5.41, 5.74) is 0.772. The Labute approximate surface area is 143 Å². The summed E-state index contributed by atoms with van der Waals surface area (Å²) < 4.78 is 0. The van der Waals surface area contributed by atoms with Crippen molar-refractivity contribution in [3.05, 3.63) is 42.5 Å². The molecule has 24 heavy (non-hydrogen) atoms. The number of amides is 2. The van der Waals surface area contributed by atoms with Crippen LogP contribution in [-0.2, 0) is 9.59 Å². The summed E-state index contributed by atoms with van der Waals surface area (Å²) in [5.74, 6) is -0.292. The van der Waals surface area contributed by atoms with Crippen LogP contribution in [0.25, 0.3) is 10.8 Å². The normalized spacial score (nSPS) is 21.9. The highest BCUT2D eigenvalue weighted by Crippen LogP contribution is 2.29. The molecule has 0 aromatic heterocycles. The quantitative estimate of drug-likeness (QED) is 0.900. The number of hydrogen-bond donors (Lipinski definition) is 2. The summed E-state index contributed by atoms with van der Waals surface area (Å²) >= 11 is 1.36. The van der Waals surface area contributed by atoms with Crippen molar-refractivity contribution in [3.8, 4) is 0 Å². The van der Waals surface area contributed by atoms with Crippen LogP contribution in [0.2, 0.25) is 0 Å². The molecule has 1 saturated heterocycles. The molecule has 0 radical (unpaired) electrons. The zero-order valence-corrected chi connectivity index (χ0v) is 13.8. The smallest absolute Gasteiger partial charge is 0.240 e. The molecule has 1 saturated carbocycles. The minimum Gasteiger partial charge on any atom is -0.325 e. The fourth-order valence-corrected chi connectivity index (χ4v) is 3.71. The number of carbonyl (C=O) groups is 2. The maximum atomic E-state index is 12.4. The fraction of sp³-hybridized carbons (Fsp3) is 0.278. The molecular formula is C18H17N3O2S. The molecule has 0 spiro atoms. The lowest BCUT2D eigenvalue weighted by Gasteiger charge is -2.10. The number of hydrogen-bond acceptors (Lipinski definition) is 4. The average Bonchev–Trinajstić information content (AvgIpc) is 3.32. The third-order valence-electron chi connectivity index (χ3n) is 4.06. The van der Waals surface area contributed by atoms with E-state index in [1.807, 2.05) is 42.5 Å². The van der Waals surface area contributed by atoms with Crippen LogP contribution in [0.4, 0.5) is 5.69 Å². The van der Waals surface area contributed by atoms with E-state index in [1.165, 1.54) is 11.8 Å². The summed E-state index contributed by atoms with van der Waals surface area (Å²) in [4.78, 5) is 28.8. The molecule has 122 valence electrons. The van der Waals surface area contributed by atoms with Gasteiger partial charge in [0.05, 0.1) is 6.04 Å². The van der Waals surface area contributed by atoms with E-state index in [-0.39, 0.29) is 18.2 Å². The second kappa shape index (κ2) is 6.28. The number of nitrogens with zero attached hydrogens (tertiary/aromatic N) is 1. The lowest BCUT2D eigenvalue weighted by Crippen LogP contribution is -2.28. The highest BCUT2D eigenvalue weighted by molar-refractivity contribution is 8.15. The number of rotatable bonds is 4. The molecule has 2 aromatic rings. The summed E-state index contributed by atoms with van der Waals surface area (Å²) in [6, 6.07) is 14.0. The molecule has 2 fully saturated rings. The first kappa shape index (κ1) is 15.2. The van der Waals surface area contributed by atoms with Gasteiger partial charge in [-0.05, 0) is 24.3 Å². The number of carbonyl (C=O) groups excluding carboxylic acids is 2. The van der Waals surface area contributed by atoms with Crippen molar-refractivity contribution in [1.82, 2.24) is 5.32 Å². The molecule has 2 amide bonds. The van der Waals surface area contributed by atoms with E-state index < -0.39 is 5.25 Å². The average molecular weight is 339 g/mol. The van der Waals surface area contributed by atoms with E-state index in [0.717, 1.165) is 29.3 Å². The molecule has 1 aliphatic carbocycles. The van der Waals surface area contributed by atoms with Gasteiger partial charge in [0.25, 0.3) is 0 Å². The first-order chi connectivity index (χ1) is 11.7. The summed E-state index contributed by atoms with van der Waals surface area (Å²) in [7, 11) is 0. The zero-order chi connectivity index (χ0) is 16.5. The largest absolute Gasteiger partial charge is 0.325 e.